The van der Waals surface area contributed by atoms with Crippen LogP contribution < -0.4 is 11.1 Å². The summed E-state index contributed by atoms with van der Waals surface area (Å²) in [4.78, 5) is 20.4. The monoisotopic (exact) mass is 376 g/mol. The van der Waals surface area contributed by atoms with Gasteiger partial charge in [0, 0.05) is 5.92 Å². The van der Waals surface area contributed by atoms with Crippen LogP contribution in [0.3, 0.4) is 0 Å². The molecular formula is C11H14Br2N4O. The van der Waals surface area contributed by atoms with Crippen LogP contribution in [0.1, 0.15) is 19.3 Å². The highest BCUT2D eigenvalue weighted by Crippen LogP contribution is 2.32. The van der Waals surface area contributed by atoms with E-state index < -0.39 is 0 Å². The van der Waals surface area contributed by atoms with E-state index in [9.17, 15) is 4.79 Å². The molecule has 0 aromatic carbocycles. The zero-order valence-electron chi connectivity index (χ0n) is 9.70. The van der Waals surface area contributed by atoms with Gasteiger partial charge in [-0.25, -0.2) is 9.97 Å². The summed E-state index contributed by atoms with van der Waals surface area (Å²) >= 11 is 6.49. The molecule has 1 aromatic heterocycles. The minimum Gasteiger partial charge on any atom is -0.330 e. The predicted octanol–water partition coefficient (Wildman–Crippen LogP) is 2.32. The van der Waals surface area contributed by atoms with E-state index >= 15 is 0 Å². The lowest BCUT2D eigenvalue weighted by molar-refractivity contribution is -0.120. The molecule has 2 unspecified atom stereocenters. The number of carbonyl (C=O) groups excluding carboxylic acids is 1. The summed E-state index contributed by atoms with van der Waals surface area (Å²) in [5, 5.41) is 2.81. The largest absolute Gasteiger partial charge is 0.330 e. The number of hydrogen-bond acceptors (Lipinski definition) is 4. The van der Waals surface area contributed by atoms with E-state index in [-0.39, 0.29) is 17.7 Å². The molecule has 5 nitrogen and oxygen atoms in total. The molecule has 7 heteroatoms. The maximum Gasteiger partial charge on any atom is 0.229 e. The predicted molar refractivity (Wildman–Crippen MR) is 75.9 cm³/mol. The maximum atomic E-state index is 12.2. The fraction of sp³-hybridized carbons (Fsp3) is 0.545. The third-order valence-electron chi connectivity index (χ3n) is 3.24. The highest BCUT2D eigenvalue weighted by Gasteiger charge is 2.32. The summed E-state index contributed by atoms with van der Waals surface area (Å²) in [6.45, 7) is 0.561. The van der Waals surface area contributed by atoms with Crippen molar-refractivity contribution in [2.45, 2.75) is 19.3 Å². The van der Waals surface area contributed by atoms with Gasteiger partial charge in [0.15, 0.2) is 5.82 Å². The van der Waals surface area contributed by atoms with Gasteiger partial charge in [0.05, 0.1) is 6.20 Å². The standard InChI is InChI=1S/C11H14Br2N4O/c12-8-5-15-10(9(13)16-8)17-11(18)7-3-1-2-6(7)4-14/h5-7H,1-4,14H2,(H,15,17,18). The fourth-order valence-corrected chi connectivity index (χ4v) is 3.21. The van der Waals surface area contributed by atoms with E-state index in [1.165, 1.54) is 0 Å². The van der Waals surface area contributed by atoms with Crippen LogP contribution in [0, 0.1) is 11.8 Å². The Kier molecular flexibility index (Phi) is 4.69. The van der Waals surface area contributed by atoms with Gasteiger partial charge < -0.3 is 11.1 Å². The Labute approximate surface area is 122 Å². The summed E-state index contributed by atoms with van der Waals surface area (Å²) in [5.74, 6) is 0.714. The van der Waals surface area contributed by atoms with Crippen LogP contribution in [0.2, 0.25) is 0 Å². The number of nitrogens with zero attached hydrogens (tertiary/aromatic N) is 2. The van der Waals surface area contributed by atoms with Gasteiger partial charge in [0.2, 0.25) is 5.91 Å². The van der Waals surface area contributed by atoms with Crippen molar-refractivity contribution in [1.82, 2.24) is 9.97 Å². The molecule has 1 heterocycles. The summed E-state index contributed by atoms with van der Waals surface area (Å²) < 4.78 is 1.14. The van der Waals surface area contributed by atoms with Crippen LogP contribution in [-0.2, 0) is 4.79 Å². The molecule has 2 atom stereocenters. The van der Waals surface area contributed by atoms with Crippen molar-refractivity contribution >= 4 is 43.6 Å². The average Bonchev–Trinajstić information content (AvgIpc) is 2.81. The minimum atomic E-state index is -0.0136. The smallest absolute Gasteiger partial charge is 0.229 e. The zero-order valence-corrected chi connectivity index (χ0v) is 12.9. The number of hydrogen-bond donors (Lipinski definition) is 2. The zero-order chi connectivity index (χ0) is 13.1. The second-order valence-corrected chi connectivity index (χ2v) is 5.92. The molecule has 1 aliphatic carbocycles. The first kappa shape index (κ1) is 13.9. The third kappa shape index (κ3) is 3.07. The second kappa shape index (κ2) is 6.08. The Bertz CT molecular complexity index is 455. The molecule has 3 N–H and O–H groups in total. The molecule has 0 radical (unpaired) electrons. The quantitative estimate of drug-likeness (QED) is 0.846. The van der Waals surface area contributed by atoms with Crippen LogP contribution in [0.5, 0.6) is 0 Å². The molecule has 1 aliphatic rings. The molecule has 0 aliphatic heterocycles. The molecule has 1 fully saturated rings. The van der Waals surface area contributed by atoms with Crippen molar-refractivity contribution in [3.05, 3.63) is 15.4 Å². The normalized spacial score (nSPS) is 23.1. The van der Waals surface area contributed by atoms with E-state index in [0.29, 0.717) is 21.6 Å². The second-order valence-electron chi connectivity index (χ2n) is 4.35. The first-order valence-corrected chi connectivity index (χ1v) is 7.39. The van der Waals surface area contributed by atoms with Crippen molar-refractivity contribution in [2.75, 3.05) is 11.9 Å². The average molecular weight is 378 g/mol. The molecule has 0 spiro atoms. The number of nitrogens with one attached hydrogen (secondary N) is 1. The van der Waals surface area contributed by atoms with Crippen molar-refractivity contribution in [3.63, 3.8) is 0 Å². The van der Waals surface area contributed by atoms with E-state index in [2.05, 4.69) is 47.1 Å². The Morgan fingerprint density at radius 3 is 2.94 bits per heavy atom. The van der Waals surface area contributed by atoms with Gasteiger partial charge in [-0.3, -0.25) is 4.79 Å². The van der Waals surface area contributed by atoms with Crippen LogP contribution in [0.4, 0.5) is 5.82 Å². The van der Waals surface area contributed by atoms with Gasteiger partial charge in [0.1, 0.15) is 9.21 Å². The number of anilines is 1. The van der Waals surface area contributed by atoms with Crippen molar-refractivity contribution in [1.29, 1.82) is 0 Å². The van der Waals surface area contributed by atoms with Crippen molar-refractivity contribution < 1.29 is 4.79 Å². The number of amides is 1. The highest BCUT2D eigenvalue weighted by molar-refractivity contribution is 9.11. The SMILES string of the molecule is NCC1CCCC1C(=O)Nc1ncc(Br)nc1Br. The molecule has 18 heavy (non-hydrogen) atoms. The van der Waals surface area contributed by atoms with E-state index in [1.807, 2.05) is 0 Å². The molecule has 1 aromatic rings. The molecule has 0 bridgehead atoms. The summed E-state index contributed by atoms with van der Waals surface area (Å²) in [7, 11) is 0. The van der Waals surface area contributed by atoms with E-state index in [4.69, 9.17) is 5.73 Å². The van der Waals surface area contributed by atoms with Gasteiger partial charge in [-0.15, -0.1) is 0 Å². The third-order valence-corrected chi connectivity index (χ3v) is 4.18. The van der Waals surface area contributed by atoms with Crippen LogP contribution in [0.25, 0.3) is 0 Å². The Hall–Kier alpha value is -0.530. The first-order chi connectivity index (χ1) is 8.61. The molecule has 1 saturated carbocycles. The summed E-state index contributed by atoms with van der Waals surface area (Å²) in [6.07, 6.45) is 4.54. The highest BCUT2D eigenvalue weighted by atomic mass is 79.9. The van der Waals surface area contributed by atoms with Crippen LogP contribution >= 0.6 is 31.9 Å². The van der Waals surface area contributed by atoms with E-state index in [0.717, 1.165) is 19.3 Å². The lowest BCUT2D eigenvalue weighted by Crippen LogP contribution is -2.30. The Balaban J connectivity index is 2.07. The summed E-state index contributed by atoms with van der Waals surface area (Å²) in [6, 6.07) is 0. The van der Waals surface area contributed by atoms with Gasteiger partial charge in [-0.1, -0.05) is 6.42 Å². The maximum absolute atomic E-state index is 12.2. The number of aromatic nitrogens is 2. The van der Waals surface area contributed by atoms with Gasteiger partial charge in [-0.05, 0) is 57.2 Å². The van der Waals surface area contributed by atoms with Crippen LogP contribution in [0.15, 0.2) is 15.4 Å². The topological polar surface area (TPSA) is 80.9 Å². The molecule has 0 saturated heterocycles. The Morgan fingerprint density at radius 1 is 1.50 bits per heavy atom. The van der Waals surface area contributed by atoms with Crippen molar-refractivity contribution in [2.24, 2.45) is 17.6 Å². The molecule has 98 valence electrons. The Morgan fingerprint density at radius 2 is 2.28 bits per heavy atom. The van der Waals surface area contributed by atoms with Gasteiger partial charge in [-0.2, -0.15) is 0 Å². The number of carbonyl (C=O) groups is 1. The lowest BCUT2D eigenvalue weighted by Gasteiger charge is -2.17. The van der Waals surface area contributed by atoms with Crippen LogP contribution in [-0.4, -0.2) is 22.4 Å². The fourth-order valence-electron chi connectivity index (χ4n) is 2.30. The van der Waals surface area contributed by atoms with E-state index in [1.54, 1.807) is 6.20 Å². The van der Waals surface area contributed by atoms with Gasteiger partial charge in [0.25, 0.3) is 0 Å². The molecule has 1 amide bonds. The number of halogens is 2. The number of rotatable bonds is 3. The lowest BCUT2D eigenvalue weighted by atomic mass is 9.95. The molecule has 2 rings (SSSR count). The minimum absolute atomic E-state index is 0.00709. The summed E-state index contributed by atoms with van der Waals surface area (Å²) in [5.41, 5.74) is 5.68. The van der Waals surface area contributed by atoms with Gasteiger partial charge >= 0.3 is 0 Å². The molecular weight excluding hydrogens is 364 g/mol. The number of nitrogens with two attached hydrogens (primary N) is 1. The first-order valence-electron chi connectivity index (χ1n) is 5.80. The van der Waals surface area contributed by atoms with Crippen molar-refractivity contribution in [3.8, 4) is 0 Å².